The van der Waals surface area contributed by atoms with Crippen molar-refractivity contribution in [3.05, 3.63) is 35.9 Å². The normalized spacial score (nSPS) is 10.9. The molecule has 1 aromatic rings. The molecule has 0 amide bonds. The van der Waals surface area contributed by atoms with Crippen molar-refractivity contribution in [2.24, 2.45) is 5.73 Å². The van der Waals surface area contributed by atoms with Crippen molar-refractivity contribution in [1.82, 2.24) is 5.32 Å². The number of ketones is 1. The number of phenolic OH excluding ortho intramolecular Hbond substituents is 1. The lowest BCUT2D eigenvalue weighted by Crippen LogP contribution is -2.23. The summed E-state index contributed by atoms with van der Waals surface area (Å²) in [6, 6.07) is 6.70. The molecular weight excluding hydrogens is 228 g/mol. The molecule has 18 heavy (non-hydrogen) atoms. The maximum absolute atomic E-state index is 11.5. The highest BCUT2D eigenvalue weighted by Gasteiger charge is 1.96. The van der Waals surface area contributed by atoms with Gasteiger partial charge in [0.2, 0.25) is 0 Å². The molecule has 4 nitrogen and oxygen atoms in total. The zero-order chi connectivity index (χ0) is 13.2. The monoisotopic (exact) mass is 248 g/mol. The molecule has 0 aromatic heterocycles. The van der Waals surface area contributed by atoms with Gasteiger partial charge in [-0.2, -0.15) is 0 Å². The average molecular weight is 248 g/mol. The van der Waals surface area contributed by atoms with Crippen LogP contribution in [0.1, 0.15) is 18.4 Å². The molecule has 0 saturated heterocycles. The Bertz CT molecular complexity index is 385. The van der Waals surface area contributed by atoms with E-state index < -0.39 is 0 Å². The number of unbranched alkanes of at least 4 members (excludes halogenated alkanes) is 1. The second kappa shape index (κ2) is 8.44. The van der Waals surface area contributed by atoms with E-state index in [1.807, 2.05) is 0 Å². The number of rotatable bonds is 8. The standard InChI is InChI=1S/C14H20N2O2/c15-9-1-2-10-16-11-14(18)8-5-12-3-6-13(17)7-4-12/h3-8,16-17H,1-2,9-11,15H2/b8-5+. The van der Waals surface area contributed by atoms with E-state index >= 15 is 0 Å². The fourth-order valence-corrected chi connectivity index (χ4v) is 1.44. The molecule has 0 aliphatic heterocycles. The third-order valence-electron chi connectivity index (χ3n) is 2.46. The van der Waals surface area contributed by atoms with E-state index in [0.717, 1.165) is 24.9 Å². The summed E-state index contributed by atoms with van der Waals surface area (Å²) in [5.41, 5.74) is 6.26. The van der Waals surface area contributed by atoms with Gasteiger partial charge in [0, 0.05) is 0 Å². The van der Waals surface area contributed by atoms with Gasteiger partial charge >= 0.3 is 0 Å². The molecule has 1 aromatic carbocycles. The minimum Gasteiger partial charge on any atom is -0.508 e. The van der Waals surface area contributed by atoms with Crippen LogP contribution >= 0.6 is 0 Å². The Morgan fingerprint density at radius 1 is 1.28 bits per heavy atom. The van der Waals surface area contributed by atoms with Gasteiger partial charge in [-0.1, -0.05) is 18.2 Å². The number of hydrogen-bond donors (Lipinski definition) is 3. The van der Waals surface area contributed by atoms with E-state index in [0.29, 0.717) is 13.1 Å². The molecule has 1 rings (SSSR count). The molecule has 0 aliphatic carbocycles. The lowest BCUT2D eigenvalue weighted by atomic mass is 10.2. The summed E-state index contributed by atoms with van der Waals surface area (Å²) in [7, 11) is 0. The Morgan fingerprint density at radius 2 is 2.00 bits per heavy atom. The van der Waals surface area contributed by atoms with E-state index in [2.05, 4.69) is 5.32 Å². The molecule has 4 heteroatoms. The van der Waals surface area contributed by atoms with Gasteiger partial charge in [-0.05, 0) is 49.7 Å². The van der Waals surface area contributed by atoms with Crippen molar-refractivity contribution >= 4 is 11.9 Å². The Balaban J connectivity index is 2.25. The highest BCUT2D eigenvalue weighted by atomic mass is 16.3. The maximum Gasteiger partial charge on any atom is 0.169 e. The number of carbonyl (C=O) groups excluding carboxylic acids is 1. The lowest BCUT2D eigenvalue weighted by molar-refractivity contribution is -0.113. The number of hydrogen-bond acceptors (Lipinski definition) is 4. The molecule has 0 fully saturated rings. The fourth-order valence-electron chi connectivity index (χ4n) is 1.44. The first-order chi connectivity index (χ1) is 8.72. The molecule has 98 valence electrons. The van der Waals surface area contributed by atoms with E-state index in [-0.39, 0.29) is 11.5 Å². The minimum absolute atomic E-state index is 0.0378. The number of nitrogens with two attached hydrogens (primary N) is 1. The van der Waals surface area contributed by atoms with E-state index in [1.165, 1.54) is 0 Å². The highest BCUT2D eigenvalue weighted by Crippen LogP contribution is 2.10. The van der Waals surface area contributed by atoms with E-state index in [1.54, 1.807) is 36.4 Å². The van der Waals surface area contributed by atoms with Gasteiger partial charge in [-0.15, -0.1) is 0 Å². The van der Waals surface area contributed by atoms with Crippen LogP contribution in [0.4, 0.5) is 0 Å². The third-order valence-corrected chi connectivity index (χ3v) is 2.46. The highest BCUT2D eigenvalue weighted by molar-refractivity contribution is 5.95. The van der Waals surface area contributed by atoms with Gasteiger partial charge < -0.3 is 16.2 Å². The summed E-state index contributed by atoms with van der Waals surface area (Å²) in [6.45, 7) is 1.85. The Kier molecular flexibility index (Phi) is 6.76. The van der Waals surface area contributed by atoms with Crippen LogP contribution in [-0.2, 0) is 4.79 Å². The van der Waals surface area contributed by atoms with Crippen molar-refractivity contribution in [3.63, 3.8) is 0 Å². The van der Waals surface area contributed by atoms with Gasteiger partial charge in [-0.25, -0.2) is 0 Å². The first kappa shape index (κ1) is 14.4. The minimum atomic E-state index is 0.0378. The van der Waals surface area contributed by atoms with Gasteiger partial charge in [0.15, 0.2) is 5.78 Å². The average Bonchev–Trinajstić information content (AvgIpc) is 2.38. The van der Waals surface area contributed by atoms with Crippen LogP contribution in [0, 0.1) is 0 Å². The molecule has 4 N–H and O–H groups in total. The summed E-state index contributed by atoms with van der Waals surface area (Å²) in [5.74, 6) is 0.260. The van der Waals surface area contributed by atoms with Gasteiger partial charge in [0.25, 0.3) is 0 Å². The third kappa shape index (κ3) is 6.18. The van der Waals surface area contributed by atoms with Crippen molar-refractivity contribution < 1.29 is 9.90 Å². The molecule has 0 saturated carbocycles. The zero-order valence-electron chi connectivity index (χ0n) is 10.4. The quantitative estimate of drug-likeness (QED) is 0.479. The smallest absolute Gasteiger partial charge is 0.169 e. The molecule has 0 bridgehead atoms. The van der Waals surface area contributed by atoms with Crippen molar-refractivity contribution in [2.45, 2.75) is 12.8 Å². The molecule has 0 aliphatic rings. The van der Waals surface area contributed by atoms with Crippen molar-refractivity contribution in [3.8, 4) is 5.75 Å². The molecule has 0 radical (unpaired) electrons. The Morgan fingerprint density at radius 3 is 2.67 bits per heavy atom. The van der Waals surface area contributed by atoms with Gasteiger partial charge in [0.05, 0.1) is 6.54 Å². The first-order valence-corrected chi connectivity index (χ1v) is 6.13. The second-order valence-electron chi connectivity index (χ2n) is 4.06. The zero-order valence-corrected chi connectivity index (χ0v) is 10.4. The number of nitrogens with one attached hydrogen (secondary N) is 1. The van der Waals surface area contributed by atoms with Crippen LogP contribution in [0.5, 0.6) is 5.75 Å². The van der Waals surface area contributed by atoms with Crippen LogP contribution in [0.15, 0.2) is 30.3 Å². The van der Waals surface area contributed by atoms with Crippen molar-refractivity contribution in [1.29, 1.82) is 0 Å². The summed E-state index contributed by atoms with van der Waals surface area (Å²) in [4.78, 5) is 11.5. The number of benzene rings is 1. The number of phenols is 1. The summed E-state index contributed by atoms with van der Waals surface area (Å²) < 4.78 is 0. The van der Waals surface area contributed by atoms with Crippen LogP contribution in [0.25, 0.3) is 6.08 Å². The Hall–Kier alpha value is -1.65. The number of aromatic hydroxyl groups is 1. The van der Waals surface area contributed by atoms with Crippen LogP contribution < -0.4 is 11.1 Å². The van der Waals surface area contributed by atoms with Crippen LogP contribution in [0.3, 0.4) is 0 Å². The van der Waals surface area contributed by atoms with Crippen LogP contribution in [-0.4, -0.2) is 30.5 Å². The fraction of sp³-hybridized carbons (Fsp3) is 0.357. The molecule has 0 unspecified atom stereocenters. The first-order valence-electron chi connectivity index (χ1n) is 6.13. The molecular formula is C14H20N2O2. The topological polar surface area (TPSA) is 75.3 Å². The second-order valence-corrected chi connectivity index (χ2v) is 4.06. The lowest BCUT2D eigenvalue weighted by Gasteiger charge is -2.00. The SMILES string of the molecule is NCCCCNCC(=O)/C=C/c1ccc(O)cc1. The predicted octanol–water partition coefficient (Wildman–Crippen LogP) is 1.30. The summed E-state index contributed by atoms with van der Waals surface area (Å²) in [6.07, 6.45) is 5.25. The molecule has 0 atom stereocenters. The largest absolute Gasteiger partial charge is 0.508 e. The van der Waals surface area contributed by atoms with E-state index in [4.69, 9.17) is 10.8 Å². The van der Waals surface area contributed by atoms with Crippen LogP contribution in [0.2, 0.25) is 0 Å². The summed E-state index contributed by atoms with van der Waals surface area (Å²) >= 11 is 0. The maximum atomic E-state index is 11.5. The molecule has 0 spiro atoms. The van der Waals surface area contributed by atoms with E-state index in [9.17, 15) is 4.79 Å². The predicted molar refractivity (Wildman–Crippen MR) is 73.3 cm³/mol. The van der Waals surface area contributed by atoms with Crippen molar-refractivity contribution in [2.75, 3.05) is 19.6 Å². The summed E-state index contributed by atoms with van der Waals surface area (Å²) in [5, 5.41) is 12.2. The Labute approximate surface area is 108 Å². The molecule has 0 heterocycles. The van der Waals surface area contributed by atoms with Gasteiger partial charge in [-0.3, -0.25) is 4.79 Å². The number of carbonyl (C=O) groups is 1. The van der Waals surface area contributed by atoms with Gasteiger partial charge in [0.1, 0.15) is 5.75 Å².